The Bertz CT molecular complexity index is 860. The summed E-state index contributed by atoms with van der Waals surface area (Å²) in [6.45, 7) is 2.53. The smallest absolute Gasteiger partial charge is 0.264 e. The molecule has 0 fully saturated rings. The maximum absolute atomic E-state index is 13.2. The summed E-state index contributed by atoms with van der Waals surface area (Å²) in [6, 6.07) is 14.8. The Morgan fingerprint density at radius 3 is 2.64 bits per heavy atom. The van der Waals surface area contributed by atoms with Crippen LogP contribution in [0, 0.1) is 5.92 Å². The normalized spacial score (nSPS) is 25.0. The van der Waals surface area contributed by atoms with Crippen molar-refractivity contribution in [2.75, 3.05) is 11.4 Å². The van der Waals surface area contributed by atoms with Crippen molar-refractivity contribution < 1.29 is 14.7 Å². The summed E-state index contributed by atoms with van der Waals surface area (Å²) < 4.78 is 0. The van der Waals surface area contributed by atoms with Crippen LogP contribution in [0.25, 0.3) is 0 Å². The first-order valence-electron chi connectivity index (χ1n) is 8.85. The van der Waals surface area contributed by atoms with Crippen LogP contribution in [0.3, 0.4) is 0 Å². The van der Waals surface area contributed by atoms with E-state index in [1.165, 1.54) is 0 Å². The van der Waals surface area contributed by atoms with Crippen molar-refractivity contribution in [1.82, 2.24) is 0 Å². The van der Waals surface area contributed by atoms with Gasteiger partial charge in [0.15, 0.2) is 11.4 Å². The summed E-state index contributed by atoms with van der Waals surface area (Å²) in [5.74, 6) is -1.24. The molecule has 0 radical (unpaired) electrons. The van der Waals surface area contributed by atoms with Crippen LogP contribution in [0.5, 0.6) is 0 Å². The minimum atomic E-state index is -1.77. The van der Waals surface area contributed by atoms with Gasteiger partial charge in [-0.1, -0.05) is 49.4 Å². The van der Waals surface area contributed by atoms with Crippen LogP contribution in [-0.4, -0.2) is 23.3 Å². The number of nitrogens with zero attached hydrogens (tertiary/aromatic N) is 1. The third-order valence-corrected chi connectivity index (χ3v) is 5.43. The van der Waals surface area contributed by atoms with Crippen LogP contribution in [-0.2, 0) is 16.8 Å². The van der Waals surface area contributed by atoms with Crippen molar-refractivity contribution in [3.8, 4) is 0 Å². The lowest BCUT2D eigenvalue weighted by Gasteiger charge is -2.34. The van der Waals surface area contributed by atoms with Gasteiger partial charge in [-0.15, -0.1) is 0 Å². The largest absolute Gasteiger partial charge is 0.375 e. The maximum atomic E-state index is 13.2. The average molecular weight is 335 g/mol. The van der Waals surface area contributed by atoms with E-state index < -0.39 is 11.5 Å². The Hall–Kier alpha value is -2.46. The van der Waals surface area contributed by atoms with Crippen molar-refractivity contribution in [2.24, 2.45) is 5.92 Å². The molecular formula is C21H21NO3. The van der Waals surface area contributed by atoms with E-state index in [9.17, 15) is 14.7 Å². The van der Waals surface area contributed by atoms with E-state index >= 15 is 0 Å². The number of Topliss-reactive ketones (excluding diaryl/α,β-unsaturated/α-hetero) is 1. The topological polar surface area (TPSA) is 57.6 Å². The quantitative estimate of drug-likeness (QED) is 0.938. The number of benzene rings is 2. The monoisotopic (exact) mass is 335 g/mol. The van der Waals surface area contributed by atoms with Gasteiger partial charge in [0.1, 0.15) is 0 Å². The molecule has 0 unspecified atom stereocenters. The Balaban J connectivity index is 1.82. The van der Waals surface area contributed by atoms with Gasteiger partial charge in [0.2, 0.25) is 0 Å². The van der Waals surface area contributed by atoms with E-state index in [-0.39, 0.29) is 11.7 Å². The van der Waals surface area contributed by atoms with E-state index in [2.05, 4.69) is 0 Å². The van der Waals surface area contributed by atoms with Crippen molar-refractivity contribution in [3.05, 3.63) is 65.2 Å². The van der Waals surface area contributed by atoms with Crippen LogP contribution >= 0.6 is 0 Å². The molecule has 1 amide bonds. The first-order chi connectivity index (χ1) is 12.1. The molecule has 0 bridgehead atoms. The van der Waals surface area contributed by atoms with E-state index in [1.807, 2.05) is 43.3 Å². The fraction of sp³-hybridized carbons (Fsp3) is 0.333. The van der Waals surface area contributed by atoms with E-state index in [0.717, 1.165) is 17.7 Å². The highest BCUT2D eigenvalue weighted by Crippen LogP contribution is 2.48. The molecule has 1 aliphatic carbocycles. The summed E-state index contributed by atoms with van der Waals surface area (Å²) in [6.07, 6.45) is 1.96. The van der Waals surface area contributed by atoms with Gasteiger partial charge in [0.05, 0.1) is 11.6 Å². The zero-order chi connectivity index (χ0) is 17.6. The second kappa shape index (κ2) is 5.81. The highest BCUT2D eigenvalue weighted by atomic mass is 16.3. The number of ketones is 1. The molecule has 1 aliphatic heterocycles. The number of fused-ring (bicyclic) bond motifs is 2. The lowest BCUT2D eigenvalue weighted by atomic mass is 9.71. The summed E-state index contributed by atoms with van der Waals surface area (Å²) in [5, 5.41) is 11.5. The van der Waals surface area contributed by atoms with Crippen LogP contribution in [0.15, 0.2) is 48.5 Å². The van der Waals surface area contributed by atoms with Crippen molar-refractivity contribution in [3.63, 3.8) is 0 Å². The predicted octanol–water partition coefficient (Wildman–Crippen LogP) is 3.08. The fourth-order valence-corrected chi connectivity index (χ4v) is 4.24. The summed E-state index contributed by atoms with van der Waals surface area (Å²) in [7, 11) is 0. The summed E-state index contributed by atoms with van der Waals surface area (Å²) in [5.41, 5.74) is 1.15. The molecule has 1 N–H and O–H groups in total. The lowest BCUT2D eigenvalue weighted by Crippen LogP contribution is -2.49. The maximum Gasteiger partial charge on any atom is 0.264 e. The fourth-order valence-electron chi connectivity index (χ4n) is 4.24. The molecule has 2 atom stereocenters. The van der Waals surface area contributed by atoms with Gasteiger partial charge in [0.25, 0.3) is 5.91 Å². The Labute approximate surface area is 147 Å². The summed E-state index contributed by atoms with van der Waals surface area (Å²) in [4.78, 5) is 27.9. The highest BCUT2D eigenvalue weighted by Gasteiger charge is 2.57. The molecule has 2 aromatic carbocycles. The molecule has 1 heterocycles. The zero-order valence-electron chi connectivity index (χ0n) is 14.2. The number of aryl methyl sites for hydroxylation is 1. The number of carbonyl (C=O) groups excluding carboxylic acids is 2. The Morgan fingerprint density at radius 2 is 1.84 bits per heavy atom. The SMILES string of the molecule is CCCN1C(=O)[C@](O)([C@H]2CCc3ccccc3C2=O)c2ccccc21. The van der Waals surface area contributed by atoms with Gasteiger partial charge in [-0.05, 0) is 30.9 Å². The average Bonchev–Trinajstić information content (AvgIpc) is 2.85. The number of para-hydroxylation sites is 1. The Morgan fingerprint density at radius 1 is 1.12 bits per heavy atom. The van der Waals surface area contributed by atoms with Gasteiger partial charge >= 0.3 is 0 Å². The van der Waals surface area contributed by atoms with Crippen molar-refractivity contribution in [2.45, 2.75) is 31.8 Å². The number of rotatable bonds is 3. The van der Waals surface area contributed by atoms with Gasteiger partial charge in [-0.3, -0.25) is 9.59 Å². The molecule has 25 heavy (non-hydrogen) atoms. The number of carbonyl (C=O) groups is 2. The summed E-state index contributed by atoms with van der Waals surface area (Å²) >= 11 is 0. The molecule has 0 saturated carbocycles. The molecule has 4 nitrogen and oxygen atoms in total. The lowest BCUT2D eigenvalue weighted by molar-refractivity contribution is -0.140. The zero-order valence-corrected chi connectivity index (χ0v) is 14.2. The minimum absolute atomic E-state index is 0.133. The number of amides is 1. The molecule has 0 saturated heterocycles. The van der Waals surface area contributed by atoms with Gasteiger partial charge in [-0.25, -0.2) is 0 Å². The number of hydrogen-bond acceptors (Lipinski definition) is 3. The van der Waals surface area contributed by atoms with Gasteiger partial charge in [-0.2, -0.15) is 0 Å². The molecule has 4 heteroatoms. The van der Waals surface area contributed by atoms with Crippen molar-refractivity contribution in [1.29, 1.82) is 0 Å². The number of anilines is 1. The molecular weight excluding hydrogens is 314 g/mol. The van der Waals surface area contributed by atoms with Crippen LogP contribution in [0.2, 0.25) is 0 Å². The first kappa shape index (κ1) is 16.0. The van der Waals surface area contributed by atoms with Crippen LogP contribution in [0.1, 0.15) is 41.3 Å². The third kappa shape index (κ3) is 2.17. The second-order valence-corrected chi connectivity index (χ2v) is 6.85. The van der Waals surface area contributed by atoms with E-state index in [1.54, 1.807) is 17.0 Å². The van der Waals surface area contributed by atoms with Crippen LogP contribution < -0.4 is 4.90 Å². The first-order valence-corrected chi connectivity index (χ1v) is 8.85. The van der Waals surface area contributed by atoms with E-state index in [4.69, 9.17) is 0 Å². The second-order valence-electron chi connectivity index (χ2n) is 6.85. The van der Waals surface area contributed by atoms with Gasteiger partial charge in [0, 0.05) is 17.7 Å². The highest BCUT2D eigenvalue weighted by molar-refractivity contribution is 6.12. The standard InChI is InChI=1S/C21H21NO3/c1-2-13-22-18-10-6-5-9-16(18)21(25,20(22)24)17-12-11-14-7-3-4-8-15(14)19(17)23/h3-10,17,25H,2,11-13H2,1H3/t17-,21+/m0/s1. The molecule has 2 aromatic rings. The van der Waals surface area contributed by atoms with E-state index in [0.29, 0.717) is 30.5 Å². The number of hydrogen-bond donors (Lipinski definition) is 1. The van der Waals surface area contributed by atoms with Crippen molar-refractivity contribution >= 4 is 17.4 Å². The molecule has 128 valence electrons. The molecule has 0 spiro atoms. The van der Waals surface area contributed by atoms with Gasteiger partial charge < -0.3 is 10.0 Å². The minimum Gasteiger partial charge on any atom is -0.375 e. The third-order valence-electron chi connectivity index (χ3n) is 5.43. The molecule has 0 aromatic heterocycles. The molecule has 4 rings (SSSR count). The Kier molecular flexibility index (Phi) is 3.73. The number of aliphatic hydroxyl groups is 1. The van der Waals surface area contributed by atoms with Crippen LogP contribution in [0.4, 0.5) is 5.69 Å². The molecule has 2 aliphatic rings. The predicted molar refractivity (Wildman–Crippen MR) is 95.6 cm³/mol.